The maximum Gasteiger partial charge on any atom is 0.269 e. The first-order valence-corrected chi connectivity index (χ1v) is 6.31. The van der Waals surface area contributed by atoms with Crippen LogP contribution in [-0.2, 0) is 12.8 Å². The smallest absolute Gasteiger partial charge is 0.269 e. The van der Waals surface area contributed by atoms with E-state index in [-0.39, 0.29) is 5.69 Å². The lowest BCUT2D eigenvalue weighted by Gasteiger charge is -2.08. The number of nitrogen functional groups attached to an aromatic ring is 1. The molecule has 0 saturated carbocycles. The summed E-state index contributed by atoms with van der Waals surface area (Å²) in [6.07, 6.45) is 1.46. The Hall–Kier alpha value is -2.13. The maximum absolute atomic E-state index is 10.8. The largest absolute Gasteiger partial charge is 0.324 e. The molecule has 0 aliphatic carbocycles. The number of aryl methyl sites for hydroxylation is 1. The van der Waals surface area contributed by atoms with Crippen molar-refractivity contribution in [2.45, 2.75) is 10.9 Å². The summed E-state index contributed by atoms with van der Waals surface area (Å²) in [5, 5.41) is 15.4. The van der Waals surface area contributed by atoms with E-state index in [1.54, 1.807) is 17.8 Å². The Morgan fingerprint density at radius 1 is 1.58 bits per heavy atom. The van der Waals surface area contributed by atoms with Crippen molar-refractivity contribution in [3.05, 3.63) is 40.2 Å². The molecule has 0 aliphatic heterocycles. The first-order valence-electron chi connectivity index (χ1n) is 5.32. The third-order valence-electron chi connectivity index (χ3n) is 2.48. The Morgan fingerprint density at radius 3 is 2.95 bits per heavy atom. The van der Waals surface area contributed by atoms with Gasteiger partial charge in [-0.05, 0) is 11.6 Å². The number of hydrogen-bond donors (Lipinski definition) is 2. The Labute approximate surface area is 113 Å². The molecular weight excluding hydrogens is 268 g/mol. The molecule has 0 spiro atoms. The highest BCUT2D eigenvalue weighted by Crippen LogP contribution is 2.27. The molecule has 0 saturated heterocycles. The van der Waals surface area contributed by atoms with Crippen LogP contribution in [0.15, 0.2) is 29.7 Å². The number of thioether (sulfide) groups is 1. The molecule has 1 aromatic carbocycles. The van der Waals surface area contributed by atoms with Crippen LogP contribution in [0.25, 0.3) is 0 Å². The van der Waals surface area contributed by atoms with Gasteiger partial charge in [-0.25, -0.2) is 9.67 Å². The van der Waals surface area contributed by atoms with Gasteiger partial charge in [-0.15, -0.1) is 0 Å². The fraction of sp³-hybridized carbons (Fsp3) is 0.200. The zero-order chi connectivity index (χ0) is 13.8. The number of nitrogens with zero attached hydrogens (tertiary/aromatic N) is 4. The molecule has 3 N–H and O–H groups in total. The van der Waals surface area contributed by atoms with Crippen molar-refractivity contribution < 1.29 is 4.92 Å². The lowest BCUT2D eigenvalue weighted by Crippen LogP contribution is -2.09. The van der Waals surface area contributed by atoms with Crippen LogP contribution in [-0.4, -0.2) is 19.7 Å². The topological polar surface area (TPSA) is 112 Å². The van der Waals surface area contributed by atoms with E-state index in [2.05, 4.69) is 15.5 Å². The molecule has 2 aromatic rings. The zero-order valence-electron chi connectivity index (χ0n) is 10.1. The summed E-state index contributed by atoms with van der Waals surface area (Å²) >= 11 is 1.43. The van der Waals surface area contributed by atoms with Crippen molar-refractivity contribution >= 4 is 23.1 Å². The number of nitrogens with two attached hydrogens (primary N) is 1. The van der Waals surface area contributed by atoms with Crippen LogP contribution >= 0.6 is 11.8 Å². The van der Waals surface area contributed by atoms with Crippen molar-refractivity contribution in [3.8, 4) is 0 Å². The third-order valence-corrected chi connectivity index (χ3v) is 3.56. The highest BCUT2D eigenvalue weighted by molar-refractivity contribution is 7.98. The second-order valence-corrected chi connectivity index (χ2v) is 4.64. The van der Waals surface area contributed by atoms with E-state index >= 15 is 0 Å². The molecule has 1 aromatic heterocycles. The molecule has 19 heavy (non-hydrogen) atoms. The van der Waals surface area contributed by atoms with Crippen LogP contribution in [0.3, 0.4) is 0 Å². The summed E-state index contributed by atoms with van der Waals surface area (Å²) in [7, 11) is 1.78. The lowest BCUT2D eigenvalue weighted by atomic mass is 10.2. The molecule has 0 atom stereocenters. The summed E-state index contributed by atoms with van der Waals surface area (Å²) in [4.78, 5) is 14.4. The van der Waals surface area contributed by atoms with Crippen LogP contribution in [0.4, 0.5) is 11.4 Å². The first-order chi connectivity index (χ1) is 9.11. The van der Waals surface area contributed by atoms with E-state index in [9.17, 15) is 10.1 Å². The van der Waals surface area contributed by atoms with Crippen LogP contribution in [0.2, 0.25) is 0 Å². The normalized spacial score (nSPS) is 10.4. The van der Waals surface area contributed by atoms with Gasteiger partial charge in [0.2, 0.25) is 0 Å². The monoisotopic (exact) mass is 280 g/mol. The van der Waals surface area contributed by atoms with E-state index in [1.807, 2.05) is 0 Å². The SMILES string of the molecule is Cn1ncnc1SCc1cc([N+](=O)[O-])ccc1NN. The molecule has 0 aliphatic rings. The molecular formula is C10H12N6O2S. The van der Waals surface area contributed by atoms with Crippen molar-refractivity contribution in [3.63, 3.8) is 0 Å². The minimum atomic E-state index is -0.434. The summed E-state index contributed by atoms with van der Waals surface area (Å²) in [6.45, 7) is 0. The van der Waals surface area contributed by atoms with Crippen LogP contribution in [0, 0.1) is 10.1 Å². The summed E-state index contributed by atoms with van der Waals surface area (Å²) in [5.74, 6) is 5.90. The van der Waals surface area contributed by atoms with Gasteiger partial charge in [-0.3, -0.25) is 16.0 Å². The number of benzene rings is 1. The molecule has 0 radical (unpaired) electrons. The maximum atomic E-state index is 10.8. The quantitative estimate of drug-likeness (QED) is 0.367. The van der Waals surface area contributed by atoms with Crippen LogP contribution < -0.4 is 11.3 Å². The molecule has 100 valence electrons. The second kappa shape index (κ2) is 5.67. The van der Waals surface area contributed by atoms with Crippen LogP contribution in [0.5, 0.6) is 0 Å². The molecule has 0 unspecified atom stereocenters. The predicted octanol–water partition coefficient (Wildman–Crippen LogP) is 1.30. The van der Waals surface area contributed by atoms with E-state index < -0.39 is 4.92 Å². The average molecular weight is 280 g/mol. The Morgan fingerprint density at radius 2 is 2.37 bits per heavy atom. The van der Waals surface area contributed by atoms with Gasteiger partial charge in [-0.2, -0.15) is 5.10 Å². The minimum Gasteiger partial charge on any atom is -0.324 e. The van der Waals surface area contributed by atoms with Gasteiger partial charge < -0.3 is 5.43 Å². The van der Waals surface area contributed by atoms with E-state index in [0.717, 1.165) is 10.7 Å². The summed E-state index contributed by atoms with van der Waals surface area (Å²) in [5.41, 5.74) is 3.96. The van der Waals surface area contributed by atoms with Crippen LogP contribution in [0.1, 0.15) is 5.56 Å². The van der Waals surface area contributed by atoms with Crippen molar-refractivity contribution in [1.82, 2.24) is 14.8 Å². The standard InChI is InChI=1S/C10H12N6O2S/c1-15-10(12-6-13-15)19-5-7-4-8(16(17)18)2-3-9(7)14-11/h2-4,6,14H,5,11H2,1H3. The Balaban J connectivity index is 2.20. The average Bonchev–Trinajstić information content (AvgIpc) is 2.81. The molecule has 1 heterocycles. The van der Waals surface area contributed by atoms with Crippen molar-refractivity contribution in [2.24, 2.45) is 12.9 Å². The lowest BCUT2D eigenvalue weighted by molar-refractivity contribution is -0.384. The molecule has 2 rings (SSSR count). The fourth-order valence-corrected chi connectivity index (χ4v) is 2.39. The Kier molecular flexibility index (Phi) is 3.97. The van der Waals surface area contributed by atoms with E-state index in [4.69, 9.17) is 5.84 Å². The number of non-ortho nitro benzene ring substituents is 1. The highest BCUT2D eigenvalue weighted by Gasteiger charge is 2.11. The number of rotatable bonds is 5. The van der Waals surface area contributed by atoms with Gasteiger partial charge in [0.05, 0.1) is 10.6 Å². The van der Waals surface area contributed by atoms with Gasteiger partial charge in [0.15, 0.2) is 5.16 Å². The molecule has 0 bridgehead atoms. The van der Waals surface area contributed by atoms with Crippen molar-refractivity contribution in [1.29, 1.82) is 0 Å². The molecule has 9 heteroatoms. The third kappa shape index (κ3) is 3.01. The van der Waals surface area contributed by atoms with Gasteiger partial charge >= 0.3 is 0 Å². The second-order valence-electron chi connectivity index (χ2n) is 3.70. The van der Waals surface area contributed by atoms with Gasteiger partial charge in [0.1, 0.15) is 6.33 Å². The number of hydrazine groups is 1. The number of nitrogens with one attached hydrogen (secondary N) is 1. The van der Waals surface area contributed by atoms with Gasteiger partial charge in [-0.1, -0.05) is 11.8 Å². The number of anilines is 1. The first kappa shape index (κ1) is 13.3. The van der Waals surface area contributed by atoms with Crippen molar-refractivity contribution in [2.75, 3.05) is 5.43 Å². The summed E-state index contributed by atoms with van der Waals surface area (Å²) in [6, 6.07) is 4.49. The van der Waals surface area contributed by atoms with Gasteiger partial charge in [0, 0.05) is 24.9 Å². The number of hydrogen-bond acceptors (Lipinski definition) is 7. The molecule has 0 amide bonds. The van der Waals surface area contributed by atoms with E-state index in [1.165, 1.54) is 30.2 Å². The molecule has 8 nitrogen and oxygen atoms in total. The molecule has 0 fully saturated rings. The van der Waals surface area contributed by atoms with Gasteiger partial charge in [0.25, 0.3) is 5.69 Å². The minimum absolute atomic E-state index is 0.0348. The predicted molar refractivity (Wildman–Crippen MR) is 71.5 cm³/mol. The number of nitro groups is 1. The number of nitro benzene ring substituents is 1. The highest BCUT2D eigenvalue weighted by atomic mass is 32.2. The fourth-order valence-electron chi connectivity index (χ4n) is 1.51. The summed E-state index contributed by atoms with van der Waals surface area (Å²) < 4.78 is 1.64. The van der Waals surface area contributed by atoms with E-state index in [0.29, 0.717) is 11.4 Å². The number of aromatic nitrogens is 3. The zero-order valence-corrected chi connectivity index (χ0v) is 10.9. The Bertz CT molecular complexity index is 599.